The average Bonchev–Trinajstić information content (AvgIpc) is 2.64. The summed E-state index contributed by atoms with van der Waals surface area (Å²) in [7, 11) is 0. The van der Waals surface area contributed by atoms with E-state index in [1.807, 2.05) is 33.9 Å². The molecule has 16 heavy (non-hydrogen) atoms. The predicted octanol–water partition coefficient (Wildman–Crippen LogP) is 2.04. The zero-order valence-electron chi connectivity index (χ0n) is 10.2. The van der Waals surface area contributed by atoms with Crippen LogP contribution in [0.2, 0.25) is 0 Å². The number of ether oxygens (including phenoxy) is 1. The van der Waals surface area contributed by atoms with E-state index in [9.17, 15) is 4.79 Å². The third kappa shape index (κ3) is 4.33. The Morgan fingerprint density at radius 2 is 2.31 bits per heavy atom. The Hall–Kier alpha value is -1.52. The maximum absolute atomic E-state index is 11.4. The van der Waals surface area contributed by atoms with E-state index in [-0.39, 0.29) is 12.0 Å². The SMILES string of the molecule is CC(CNC(=O)OC(C)(C)C)c1cn[nH]c1. The molecule has 0 fully saturated rings. The van der Waals surface area contributed by atoms with Crippen molar-refractivity contribution in [3.05, 3.63) is 18.0 Å². The van der Waals surface area contributed by atoms with E-state index >= 15 is 0 Å². The second-order valence-electron chi connectivity index (χ2n) is 4.82. The largest absolute Gasteiger partial charge is 0.444 e. The van der Waals surface area contributed by atoms with Gasteiger partial charge in [0.05, 0.1) is 6.20 Å². The van der Waals surface area contributed by atoms with Crippen LogP contribution in [0, 0.1) is 0 Å². The van der Waals surface area contributed by atoms with Crippen molar-refractivity contribution >= 4 is 6.09 Å². The number of H-pyrrole nitrogens is 1. The van der Waals surface area contributed by atoms with Crippen LogP contribution in [-0.2, 0) is 4.74 Å². The van der Waals surface area contributed by atoms with Gasteiger partial charge in [0.25, 0.3) is 0 Å². The Labute approximate surface area is 95.6 Å². The van der Waals surface area contributed by atoms with Crippen LogP contribution in [0.4, 0.5) is 4.79 Å². The lowest BCUT2D eigenvalue weighted by atomic mass is 10.1. The Morgan fingerprint density at radius 3 is 2.81 bits per heavy atom. The molecule has 1 heterocycles. The molecule has 0 aromatic carbocycles. The van der Waals surface area contributed by atoms with Gasteiger partial charge in [-0.15, -0.1) is 0 Å². The number of aromatic nitrogens is 2. The summed E-state index contributed by atoms with van der Waals surface area (Å²) in [5, 5.41) is 9.33. The second kappa shape index (κ2) is 5.01. The van der Waals surface area contributed by atoms with Crippen LogP contribution in [0.25, 0.3) is 0 Å². The summed E-state index contributed by atoms with van der Waals surface area (Å²) < 4.78 is 5.13. The molecule has 0 aliphatic rings. The summed E-state index contributed by atoms with van der Waals surface area (Å²) in [4.78, 5) is 11.4. The van der Waals surface area contributed by atoms with Gasteiger partial charge in [0.15, 0.2) is 0 Å². The van der Waals surface area contributed by atoms with Gasteiger partial charge in [-0.1, -0.05) is 6.92 Å². The summed E-state index contributed by atoms with van der Waals surface area (Å²) in [6.07, 6.45) is 3.19. The Morgan fingerprint density at radius 1 is 1.62 bits per heavy atom. The molecule has 90 valence electrons. The summed E-state index contributed by atoms with van der Waals surface area (Å²) in [5.41, 5.74) is 0.610. The van der Waals surface area contributed by atoms with E-state index < -0.39 is 5.60 Å². The smallest absolute Gasteiger partial charge is 0.407 e. The van der Waals surface area contributed by atoms with Gasteiger partial charge in [0.2, 0.25) is 0 Å². The second-order valence-corrected chi connectivity index (χ2v) is 4.82. The quantitative estimate of drug-likeness (QED) is 0.827. The lowest BCUT2D eigenvalue weighted by Crippen LogP contribution is -2.34. The zero-order valence-corrected chi connectivity index (χ0v) is 10.2. The zero-order chi connectivity index (χ0) is 12.2. The third-order valence-electron chi connectivity index (χ3n) is 2.04. The van der Waals surface area contributed by atoms with Crippen molar-refractivity contribution in [3.8, 4) is 0 Å². The van der Waals surface area contributed by atoms with Crippen molar-refractivity contribution in [1.29, 1.82) is 0 Å². The number of alkyl carbamates (subject to hydrolysis) is 1. The first-order valence-corrected chi connectivity index (χ1v) is 5.34. The first kappa shape index (κ1) is 12.5. The maximum atomic E-state index is 11.4. The number of nitrogens with one attached hydrogen (secondary N) is 2. The molecule has 5 heteroatoms. The normalized spacial score (nSPS) is 13.2. The molecule has 2 N–H and O–H groups in total. The Kier molecular flexibility index (Phi) is 3.93. The number of amides is 1. The van der Waals surface area contributed by atoms with Crippen LogP contribution in [0.1, 0.15) is 39.2 Å². The van der Waals surface area contributed by atoms with Crippen LogP contribution in [0.3, 0.4) is 0 Å². The van der Waals surface area contributed by atoms with Crippen molar-refractivity contribution < 1.29 is 9.53 Å². The minimum atomic E-state index is -0.455. The van der Waals surface area contributed by atoms with Gasteiger partial charge in [-0.25, -0.2) is 4.79 Å². The monoisotopic (exact) mass is 225 g/mol. The summed E-state index contributed by atoms with van der Waals surface area (Å²) in [5.74, 6) is 0.214. The van der Waals surface area contributed by atoms with E-state index in [4.69, 9.17) is 4.74 Å². The van der Waals surface area contributed by atoms with E-state index in [1.54, 1.807) is 6.20 Å². The molecular weight excluding hydrogens is 206 g/mol. The van der Waals surface area contributed by atoms with Gasteiger partial charge >= 0.3 is 6.09 Å². The number of carbonyl (C=O) groups excluding carboxylic acids is 1. The highest BCUT2D eigenvalue weighted by molar-refractivity contribution is 5.67. The predicted molar refractivity (Wildman–Crippen MR) is 61.2 cm³/mol. The lowest BCUT2D eigenvalue weighted by molar-refractivity contribution is 0.0525. The fraction of sp³-hybridized carbons (Fsp3) is 0.636. The summed E-state index contributed by atoms with van der Waals surface area (Å²) in [6, 6.07) is 0. The highest BCUT2D eigenvalue weighted by Crippen LogP contribution is 2.12. The van der Waals surface area contributed by atoms with Crippen LogP contribution in [-0.4, -0.2) is 28.4 Å². The molecule has 0 aliphatic heterocycles. The molecule has 5 nitrogen and oxygen atoms in total. The van der Waals surface area contributed by atoms with Crippen molar-refractivity contribution in [1.82, 2.24) is 15.5 Å². The van der Waals surface area contributed by atoms with Gasteiger partial charge in [-0.3, -0.25) is 5.10 Å². The van der Waals surface area contributed by atoms with Crippen LogP contribution < -0.4 is 5.32 Å². The molecule has 1 aromatic rings. The Balaban J connectivity index is 2.32. The van der Waals surface area contributed by atoms with Gasteiger partial charge < -0.3 is 10.1 Å². The first-order chi connectivity index (χ1) is 7.38. The minimum absolute atomic E-state index is 0.214. The molecule has 0 saturated carbocycles. The fourth-order valence-electron chi connectivity index (χ4n) is 1.20. The topological polar surface area (TPSA) is 67.0 Å². The minimum Gasteiger partial charge on any atom is -0.444 e. The Bertz CT molecular complexity index is 327. The molecule has 1 rings (SSSR count). The van der Waals surface area contributed by atoms with Gasteiger partial charge in [0, 0.05) is 18.7 Å². The number of nitrogens with zero attached hydrogens (tertiary/aromatic N) is 1. The average molecular weight is 225 g/mol. The van der Waals surface area contributed by atoms with Crippen LogP contribution in [0.5, 0.6) is 0 Å². The molecule has 1 unspecified atom stereocenters. The molecule has 0 saturated heterocycles. The van der Waals surface area contributed by atoms with Gasteiger partial charge in [0.1, 0.15) is 5.60 Å². The molecule has 0 radical (unpaired) electrons. The van der Waals surface area contributed by atoms with Crippen LogP contribution in [0.15, 0.2) is 12.4 Å². The number of rotatable bonds is 3. The number of hydrogen-bond acceptors (Lipinski definition) is 3. The molecule has 0 bridgehead atoms. The molecular formula is C11H19N3O2. The van der Waals surface area contributed by atoms with Crippen LogP contribution >= 0.6 is 0 Å². The van der Waals surface area contributed by atoms with Crippen molar-refractivity contribution in [2.75, 3.05) is 6.54 Å². The third-order valence-corrected chi connectivity index (χ3v) is 2.04. The number of hydrogen-bond donors (Lipinski definition) is 2. The molecule has 1 aromatic heterocycles. The van der Waals surface area contributed by atoms with E-state index in [2.05, 4.69) is 15.5 Å². The van der Waals surface area contributed by atoms with E-state index in [0.29, 0.717) is 6.54 Å². The first-order valence-electron chi connectivity index (χ1n) is 5.34. The molecule has 1 atom stereocenters. The molecule has 0 spiro atoms. The van der Waals surface area contributed by atoms with E-state index in [0.717, 1.165) is 5.56 Å². The maximum Gasteiger partial charge on any atom is 0.407 e. The van der Waals surface area contributed by atoms with Crippen molar-refractivity contribution in [2.45, 2.75) is 39.2 Å². The van der Waals surface area contributed by atoms with Gasteiger partial charge in [-0.05, 0) is 26.3 Å². The highest BCUT2D eigenvalue weighted by atomic mass is 16.6. The molecule has 0 aliphatic carbocycles. The van der Waals surface area contributed by atoms with Crippen molar-refractivity contribution in [3.63, 3.8) is 0 Å². The lowest BCUT2D eigenvalue weighted by Gasteiger charge is -2.20. The highest BCUT2D eigenvalue weighted by Gasteiger charge is 2.16. The molecule has 1 amide bonds. The standard InChI is InChI=1S/C11H19N3O2/c1-8(9-6-13-14-7-9)5-12-10(15)16-11(2,3)4/h6-8H,5H2,1-4H3,(H,12,15)(H,13,14). The van der Waals surface area contributed by atoms with Gasteiger partial charge in [-0.2, -0.15) is 5.10 Å². The van der Waals surface area contributed by atoms with Crippen molar-refractivity contribution in [2.24, 2.45) is 0 Å². The summed E-state index contributed by atoms with van der Waals surface area (Å²) in [6.45, 7) is 8.07. The number of carbonyl (C=O) groups is 1. The van der Waals surface area contributed by atoms with E-state index in [1.165, 1.54) is 0 Å². The number of aromatic amines is 1. The summed E-state index contributed by atoms with van der Waals surface area (Å²) >= 11 is 0. The fourth-order valence-corrected chi connectivity index (χ4v) is 1.20.